The lowest BCUT2D eigenvalue weighted by Crippen LogP contribution is -2.00. The van der Waals surface area contributed by atoms with E-state index >= 15 is 0 Å². The van der Waals surface area contributed by atoms with E-state index < -0.39 is 0 Å². The van der Waals surface area contributed by atoms with Gasteiger partial charge in [-0.2, -0.15) is 5.10 Å². The van der Waals surface area contributed by atoms with Crippen LogP contribution in [0.1, 0.15) is 25.3 Å². The summed E-state index contributed by atoms with van der Waals surface area (Å²) in [6, 6.07) is 6.89. The second-order valence-electron chi connectivity index (χ2n) is 5.22. The van der Waals surface area contributed by atoms with E-state index in [0.717, 1.165) is 26.2 Å². The average Bonchev–Trinajstić information content (AvgIpc) is 2.91. The molecule has 20 heavy (non-hydrogen) atoms. The van der Waals surface area contributed by atoms with Crippen LogP contribution in [0.4, 0.5) is 10.2 Å². The summed E-state index contributed by atoms with van der Waals surface area (Å²) in [5, 5.41) is 5.56. The Bertz CT molecular complexity index is 786. The number of hydrogen-bond donors (Lipinski definition) is 1. The smallest absolute Gasteiger partial charge is 0.125 e. The average molecular weight is 289 g/mol. The molecule has 0 spiro atoms. The molecule has 0 amide bonds. The molecule has 1 aromatic carbocycles. The first-order chi connectivity index (χ1) is 9.47. The summed E-state index contributed by atoms with van der Waals surface area (Å²) < 4.78 is 15.9. The van der Waals surface area contributed by atoms with Gasteiger partial charge in [0.05, 0.1) is 4.88 Å². The van der Waals surface area contributed by atoms with E-state index in [1.807, 2.05) is 13.1 Å². The van der Waals surface area contributed by atoms with Gasteiger partial charge in [0.1, 0.15) is 17.3 Å². The lowest BCUT2D eigenvalue weighted by atomic mass is 10.0. The fraction of sp³-hybridized carbons (Fsp3) is 0.267. The molecule has 3 nitrogen and oxygen atoms in total. The standard InChI is InChI=1S/C15H16FN3S/c1-8(2)13-14(18-19(3)15(13)17)12-6-9-4-5-10(16)7-11(9)20-12/h4-8H,17H2,1-3H3. The monoisotopic (exact) mass is 289 g/mol. The lowest BCUT2D eigenvalue weighted by molar-refractivity contribution is 0.630. The molecule has 5 heteroatoms. The molecule has 2 heterocycles. The largest absolute Gasteiger partial charge is 0.384 e. The van der Waals surface area contributed by atoms with Gasteiger partial charge in [-0.3, -0.25) is 4.68 Å². The van der Waals surface area contributed by atoms with Gasteiger partial charge in [-0.25, -0.2) is 4.39 Å². The topological polar surface area (TPSA) is 43.8 Å². The first kappa shape index (κ1) is 13.1. The number of aromatic nitrogens is 2. The molecule has 104 valence electrons. The minimum absolute atomic E-state index is 0.212. The normalized spacial score (nSPS) is 11.7. The van der Waals surface area contributed by atoms with Gasteiger partial charge in [-0.05, 0) is 29.5 Å². The van der Waals surface area contributed by atoms with E-state index in [1.165, 1.54) is 6.07 Å². The molecule has 0 unspecified atom stereocenters. The molecule has 0 atom stereocenters. The van der Waals surface area contributed by atoms with Gasteiger partial charge in [-0.15, -0.1) is 11.3 Å². The Morgan fingerprint density at radius 1 is 1.30 bits per heavy atom. The van der Waals surface area contributed by atoms with E-state index in [2.05, 4.69) is 18.9 Å². The predicted molar refractivity (Wildman–Crippen MR) is 82.5 cm³/mol. The molecule has 2 aromatic heterocycles. The molecule has 0 saturated carbocycles. The van der Waals surface area contributed by atoms with Crippen molar-refractivity contribution >= 4 is 27.2 Å². The Morgan fingerprint density at radius 3 is 2.75 bits per heavy atom. The van der Waals surface area contributed by atoms with Crippen LogP contribution in [0.5, 0.6) is 0 Å². The van der Waals surface area contributed by atoms with Crippen molar-refractivity contribution in [3.63, 3.8) is 0 Å². The van der Waals surface area contributed by atoms with Crippen LogP contribution in [0, 0.1) is 5.82 Å². The summed E-state index contributed by atoms with van der Waals surface area (Å²) in [5.74, 6) is 0.773. The van der Waals surface area contributed by atoms with E-state index in [1.54, 1.807) is 28.2 Å². The molecule has 0 bridgehead atoms. The number of nitrogens with zero attached hydrogens (tertiary/aromatic N) is 2. The van der Waals surface area contributed by atoms with Crippen molar-refractivity contribution in [2.75, 3.05) is 5.73 Å². The third kappa shape index (κ3) is 1.98. The molecular formula is C15H16FN3S. The zero-order chi connectivity index (χ0) is 14.4. The van der Waals surface area contributed by atoms with Gasteiger partial charge in [0, 0.05) is 17.3 Å². The number of rotatable bonds is 2. The maximum atomic E-state index is 13.3. The van der Waals surface area contributed by atoms with E-state index in [9.17, 15) is 4.39 Å². The Kier molecular flexibility index (Phi) is 3.01. The van der Waals surface area contributed by atoms with Crippen molar-refractivity contribution < 1.29 is 4.39 Å². The third-order valence-corrected chi connectivity index (χ3v) is 4.53. The molecule has 0 aliphatic carbocycles. The first-order valence-electron chi connectivity index (χ1n) is 6.49. The molecule has 0 saturated heterocycles. The second-order valence-corrected chi connectivity index (χ2v) is 6.30. The van der Waals surface area contributed by atoms with Crippen LogP contribution in [-0.2, 0) is 7.05 Å². The van der Waals surface area contributed by atoms with Crippen LogP contribution in [0.3, 0.4) is 0 Å². The maximum Gasteiger partial charge on any atom is 0.125 e. The van der Waals surface area contributed by atoms with Gasteiger partial charge in [0.15, 0.2) is 0 Å². The summed E-state index contributed by atoms with van der Waals surface area (Å²) in [7, 11) is 1.84. The quantitative estimate of drug-likeness (QED) is 0.770. The fourth-order valence-corrected chi connectivity index (χ4v) is 3.51. The van der Waals surface area contributed by atoms with Crippen LogP contribution < -0.4 is 5.73 Å². The minimum atomic E-state index is -0.212. The third-order valence-electron chi connectivity index (χ3n) is 3.42. The molecule has 0 fully saturated rings. The predicted octanol–water partition coefficient (Wildman–Crippen LogP) is 4.15. The van der Waals surface area contributed by atoms with Crippen LogP contribution in [0.2, 0.25) is 0 Å². The summed E-state index contributed by atoms with van der Waals surface area (Å²) in [6.45, 7) is 4.20. The Balaban J connectivity index is 2.23. The van der Waals surface area contributed by atoms with Gasteiger partial charge in [-0.1, -0.05) is 19.9 Å². The van der Waals surface area contributed by atoms with Gasteiger partial charge in [0.2, 0.25) is 0 Å². The summed E-state index contributed by atoms with van der Waals surface area (Å²) >= 11 is 1.55. The van der Waals surface area contributed by atoms with Gasteiger partial charge in [0.25, 0.3) is 0 Å². The van der Waals surface area contributed by atoms with Crippen LogP contribution in [-0.4, -0.2) is 9.78 Å². The highest BCUT2D eigenvalue weighted by Crippen LogP contribution is 2.39. The van der Waals surface area contributed by atoms with Crippen molar-refractivity contribution in [3.05, 3.63) is 35.6 Å². The van der Waals surface area contributed by atoms with Crippen LogP contribution >= 0.6 is 11.3 Å². The fourth-order valence-electron chi connectivity index (χ4n) is 2.43. The van der Waals surface area contributed by atoms with Gasteiger partial charge >= 0.3 is 0 Å². The number of anilines is 1. The lowest BCUT2D eigenvalue weighted by Gasteiger charge is -2.05. The molecule has 3 rings (SSSR count). The highest BCUT2D eigenvalue weighted by Gasteiger charge is 2.19. The maximum absolute atomic E-state index is 13.3. The molecule has 3 aromatic rings. The SMILES string of the molecule is CC(C)c1c(-c2cc3ccc(F)cc3s2)nn(C)c1N. The molecule has 2 N–H and O–H groups in total. The molecule has 0 radical (unpaired) electrons. The number of aryl methyl sites for hydroxylation is 1. The first-order valence-corrected chi connectivity index (χ1v) is 7.31. The minimum Gasteiger partial charge on any atom is -0.384 e. The summed E-state index contributed by atoms with van der Waals surface area (Å²) in [5.41, 5.74) is 8.06. The molecule has 0 aliphatic rings. The van der Waals surface area contributed by atoms with Crippen molar-refractivity contribution in [1.29, 1.82) is 0 Å². The zero-order valence-electron chi connectivity index (χ0n) is 11.6. The molecular weight excluding hydrogens is 273 g/mol. The Labute approximate surface area is 120 Å². The highest BCUT2D eigenvalue weighted by molar-refractivity contribution is 7.22. The number of benzene rings is 1. The second kappa shape index (κ2) is 4.59. The summed E-state index contributed by atoms with van der Waals surface area (Å²) in [6.07, 6.45) is 0. The van der Waals surface area contributed by atoms with Crippen molar-refractivity contribution in [2.45, 2.75) is 19.8 Å². The number of nitrogens with two attached hydrogens (primary N) is 1. The number of halogens is 1. The number of hydrogen-bond acceptors (Lipinski definition) is 3. The zero-order valence-corrected chi connectivity index (χ0v) is 12.5. The highest BCUT2D eigenvalue weighted by atomic mass is 32.1. The summed E-state index contributed by atoms with van der Waals surface area (Å²) in [4.78, 5) is 1.03. The number of thiophene rings is 1. The Morgan fingerprint density at radius 2 is 2.05 bits per heavy atom. The number of fused-ring (bicyclic) bond motifs is 1. The van der Waals surface area contributed by atoms with Crippen LogP contribution in [0.25, 0.3) is 20.7 Å². The van der Waals surface area contributed by atoms with E-state index in [4.69, 9.17) is 5.73 Å². The molecule has 0 aliphatic heterocycles. The van der Waals surface area contributed by atoms with Crippen molar-refractivity contribution in [1.82, 2.24) is 9.78 Å². The van der Waals surface area contributed by atoms with E-state index in [0.29, 0.717) is 11.7 Å². The van der Waals surface area contributed by atoms with Gasteiger partial charge < -0.3 is 5.73 Å². The Hall–Kier alpha value is -1.88. The van der Waals surface area contributed by atoms with Crippen molar-refractivity contribution in [2.24, 2.45) is 7.05 Å². The van der Waals surface area contributed by atoms with E-state index in [-0.39, 0.29) is 5.82 Å². The number of nitrogen functional groups attached to an aromatic ring is 1. The van der Waals surface area contributed by atoms with Crippen molar-refractivity contribution in [3.8, 4) is 10.6 Å². The van der Waals surface area contributed by atoms with Crippen LogP contribution in [0.15, 0.2) is 24.3 Å².